The number of anilines is 2. The lowest BCUT2D eigenvalue weighted by molar-refractivity contribution is 0.321. The topological polar surface area (TPSA) is 61.5 Å². The monoisotopic (exact) mass is 265 g/mol. The fourth-order valence-electron chi connectivity index (χ4n) is 2.00. The van der Waals surface area contributed by atoms with Gasteiger partial charge in [-0.3, -0.25) is 5.23 Å². The number of nitrogens with zero attached hydrogens (tertiary/aromatic N) is 1. The summed E-state index contributed by atoms with van der Waals surface area (Å²) >= 11 is 0. The van der Waals surface area contributed by atoms with Crippen LogP contribution >= 0.6 is 0 Å². The maximum Gasteiger partial charge on any atom is 0.177 e. The summed E-state index contributed by atoms with van der Waals surface area (Å²) in [4.78, 5) is 5.23. The van der Waals surface area contributed by atoms with Crippen molar-refractivity contribution in [3.05, 3.63) is 71.9 Å². The molecule has 0 heterocycles. The van der Waals surface area contributed by atoms with Crippen molar-refractivity contribution in [3.63, 3.8) is 0 Å². The average Bonchev–Trinajstić information content (AvgIpc) is 2.49. The summed E-state index contributed by atoms with van der Waals surface area (Å²) in [5.74, 6) is 0.343. The van der Waals surface area contributed by atoms with Crippen LogP contribution in [0.2, 0.25) is 0 Å². The molecule has 0 aliphatic rings. The van der Waals surface area contributed by atoms with Crippen LogP contribution < -0.4 is 15.8 Å². The van der Waals surface area contributed by atoms with Gasteiger partial charge in [0, 0.05) is 0 Å². The van der Waals surface area contributed by atoms with Crippen molar-refractivity contribution in [2.75, 3.05) is 11.0 Å². The van der Waals surface area contributed by atoms with Crippen molar-refractivity contribution < 1.29 is 4.84 Å². The van der Waals surface area contributed by atoms with Crippen molar-refractivity contribution in [3.8, 4) is 5.75 Å². The Bertz CT molecular complexity index is 743. The Labute approximate surface area is 116 Å². The summed E-state index contributed by atoms with van der Waals surface area (Å²) in [6.45, 7) is 0. The van der Waals surface area contributed by atoms with Crippen LogP contribution in [0.15, 0.2) is 66.7 Å². The highest BCUT2D eigenvalue weighted by Crippen LogP contribution is 2.25. The van der Waals surface area contributed by atoms with E-state index in [9.17, 15) is 5.21 Å². The van der Waals surface area contributed by atoms with Gasteiger partial charge in [0.25, 0.3) is 0 Å². The lowest BCUT2D eigenvalue weighted by Gasteiger charge is -2.29. The molecule has 0 fully saturated rings. The molecule has 100 valence electrons. The van der Waals surface area contributed by atoms with E-state index in [1.807, 2.05) is 30.3 Å². The second-order valence-electron chi connectivity index (χ2n) is 4.42. The Hall–Kier alpha value is -2.72. The first-order chi connectivity index (χ1) is 9.74. The molecule has 0 spiro atoms. The summed E-state index contributed by atoms with van der Waals surface area (Å²) in [7, 11) is 0. The van der Waals surface area contributed by atoms with Crippen LogP contribution in [0.5, 0.6) is 5.75 Å². The molecule has 0 saturated carbocycles. The Balaban J connectivity index is 1.89. The van der Waals surface area contributed by atoms with E-state index in [4.69, 9.17) is 10.6 Å². The van der Waals surface area contributed by atoms with E-state index >= 15 is 0 Å². The summed E-state index contributed by atoms with van der Waals surface area (Å²) in [5, 5.41) is 14.6. The van der Waals surface area contributed by atoms with E-state index in [1.165, 1.54) is 0 Å². The zero-order valence-corrected chi connectivity index (χ0v) is 10.7. The molecule has 0 bridgehead atoms. The summed E-state index contributed by atoms with van der Waals surface area (Å²) < 4.78 is 0. The van der Waals surface area contributed by atoms with Gasteiger partial charge in [-0.05, 0) is 35.0 Å². The largest absolute Gasteiger partial charge is 0.724 e. The molecule has 3 aromatic carbocycles. The predicted molar refractivity (Wildman–Crippen MR) is 81.3 cm³/mol. The Kier molecular flexibility index (Phi) is 3.15. The van der Waals surface area contributed by atoms with Crippen LogP contribution in [0.4, 0.5) is 11.4 Å². The number of hydrogen-bond acceptors (Lipinski definition) is 4. The molecule has 0 unspecified atom stereocenters. The SMILES string of the molecule is Nc1ccccc1ON([O-])c1ccc2ccccc2c1. The van der Waals surface area contributed by atoms with E-state index in [-0.39, 0.29) is 0 Å². The minimum atomic E-state index is 0.343. The number of benzene rings is 3. The van der Waals surface area contributed by atoms with Gasteiger partial charge >= 0.3 is 0 Å². The van der Waals surface area contributed by atoms with Crippen LogP contribution in [0.1, 0.15) is 0 Å². The minimum absolute atomic E-state index is 0.343. The fourth-order valence-corrected chi connectivity index (χ4v) is 2.00. The van der Waals surface area contributed by atoms with Gasteiger partial charge in [0.1, 0.15) is 0 Å². The first kappa shape index (κ1) is 12.3. The van der Waals surface area contributed by atoms with Crippen molar-refractivity contribution >= 4 is 22.1 Å². The lowest BCUT2D eigenvalue weighted by Crippen LogP contribution is -2.19. The first-order valence-corrected chi connectivity index (χ1v) is 6.22. The van der Waals surface area contributed by atoms with Gasteiger partial charge in [-0.1, -0.05) is 42.5 Å². The van der Waals surface area contributed by atoms with Gasteiger partial charge in [0.2, 0.25) is 0 Å². The molecular weight excluding hydrogens is 252 g/mol. The second kappa shape index (κ2) is 5.11. The molecule has 0 aliphatic carbocycles. The lowest BCUT2D eigenvalue weighted by atomic mass is 10.1. The zero-order chi connectivity index (χ0) is 13.9. The molecule has 0 amide bonds. The number of nitrogen functional groups attached to an aromatic ring is 1. The molecular formula is C16H13N2O2-. The van der Waals surface area contributed by atoms with E-state index in [1.54, 1.807) is 36.4 Å². The third-order valence-corrected chi connectivity index (χ3v) is 3.04. The van der Waals surface area contributed by atoms with Gasteiger partial charge in [0.15, 0.2) is 5.75 Å². The highest BCUT2D eigenvalue weighted by molar-refractivity contribution is 5.85. The smallest absolute Gasteiger partial charge is 0.177 e. The average molecular weight is 265 g/mol. The minimum Gasteiger partial charge on any atom is -0.724 e. The van der Waals surface area contributed by atoms with Crippen molar-refractivity contribution in [2.24, 2.45) is 0 Å². The van der Waals surface area contributed by atoms with Crippen molar-refractivity contribution in [1.82, 2.24) is 0 Å². The molecule has 0 saturated heterocycles. The van der Waals surface area contributed by atoms with E-state index < -0.39 is 0 Å². The highest BCUT2D eigenvalue weighted by atomic mass is 16.9. The molecule has 4 nitrogen and oxygen atoms in total. The van der Waals surface area contributed by atoms with Gasteiger partial charge < -0.3 is 15.8 Å². The Morgan fingerprint density at radius 1 is 0.850 bits per heavy atom. The van der Waals surface area contributed by atoms with Crippen LogP contribution in [-0.4, -0.2) is 0 Å². The Morgan fingerprint density at radius 3 is 2.35 bits per heavy atom. The van der Waals surface area contributed by atoms with Crippen LogP contribution in [0.3, 0.4) is 0 Å². The summed E-state index contributed by atoms with van der Waals surface area (Å²) in [6, 6.07) is 20.1. The highest BCUT2D eigenvalue weighted by Gasteiger charge is 2.03. The van der Waals surface area contributed by atoms with Crippen LogP contribution in [0.25, 0.3) is 10.8 Å². The third-order valence-electron chi connectivity index (χ3n) is 3.04. The third kappa shape index (κ3) is 2.37. The molecule has 3 aromatic rings. The van der Waals surface area contributed by atoms with Crippen LogP contribution in [-0.2, 0) is 0 Å². The number of hydrogen-bond donors (Lipinski definition) is 1. The molecule has 2 N–H and O–H groups in total. The molecule has 0 radical (unpaired) electrons. The van der Waals surface area contributed by atoms with E-state index in [0.29, 0.717) is 22.4 Å². The van der Waals surface area contributed by atoms with Crippen LogP contribution in [0, 0.1) is 5.21 Å². The predicted octanol–water partition coefficient (Wildman–Crippen LogP) is 3.72. The standard InChI is InChI=1S/C16H13N2O2/c17-15-7-3-4-8-16(15)20-18(19)14-10-9-12-5-1-2-6-13(12)11-14/h1-11H,17H2/q-1. The molecule has 3 rings (SSSR count). The zero-order valence-electron chi connectivity index (χ0n) is 10.7. The normalized spacial score (nSPS) is 10.4. The molecule has 20 heavy (non-hydrogen) atoms. The van der Waals surface area contributed by atoms with Crippen molar-refractivity contribution in [2.45, 2.75) is 0 Å². The summed E-state index contributed by atoms with van der Waals surface area (Å²) in [6.07, 6.45) is 0. The maximum atomic E-state index is 12.0. The van der Waals surface area contributed by atoms with Gasteiger partial charge in [-0.2, -0.15) is 0 Å². The molecule has 0 atom stereocenters. The molecule has 4 heteroatoms. The molecule has 0 aromatic heterocycles. The van der Waals surface area contributed by atoms with E-state index in [0.717, 1.165) is 10.8 Å². The maximum absolute atomic E-state index is 12.0. The van der Waals surface area contributed by atoms with Gasteiger partial charge in [0.05, 0.1) is 11.4 Å². The number of nitrogens with two attached hydrogens (primary N) is 1. The summed E-state index contributed by atoms with van der Waals surface area (Å²) in [5.41, 5.74) is 6.60. The quantitative estimate of drug-likeness (QED) is 0.579. The number of fused-ring (bicyclic) bond motifs is 1. The first-order valence-electron chi connectivity index (χ1n) is 6.22. The number of para-hydroxylation sites is 2. The van der Waals surface area contributed by atoms with E-state index in [2.05, 4.69) is 0 Å². The second-order valence-corrected chi connectivity index (χ2v) is 4.42. The molecule has 0 aliphatic heterocycles. The number of rotatable bonds is 3. The fraction of sp³-hybridized carbons (Fsp3) is 0. The van der Waals surface area contributed by atoms with Crippen molar-refractivity contribution in [1.29, 1.82) is 0 Å². The Morgan fingerprint density at radius 2 is 1.55 bits per heavy atom. The van der Waals surface area contributed by atoms with Gasteiger partial charge in [-0.25, -0.2) is 0 Å². The van der Waals surface area contributed by atoms with Gasteiger partial charge in [-0.15, -0.1) is 0 Å².